The third-order valence-corrected chi connectivity index (χ3v) is 5.10. The number of hydrogen-bond donors (Lipinski definition) is 2. The molecule has 32 heavy (non-hydrogen) atoms. The van der Waals surface area contributed by atoms with Crippen LogP contribution in [0, 0.1) is 0 Å². The van der Waals surface area contributed by atoms with E-state index in [2.05, 4.69) is 10.3 Å². The van der Waals surface area contributed by atoms with Crippen LogP contribution in [-0.2, 0) is 11.3 Å². The van der Waals surface area contributed by atoms with Gasteiger partial charge in [-0.2, -0.15) is 0 Å². The highest BCUT2D eigenvalue weighted by Gasteiger charge is 2.11. The molecule has 3 aromatic carbocycles. The van der Waals surface area contributed by atoms with Gasteiger partial charge in [0.2, 0.25) is 0 Å². The van der Waals surface area contributed by atoms with E-state index in [1.807, 2.05) is 65.2 Å². The Morgan fingerprint density at radius 2 is 1.81 bits per heavy atom. The third-order valence-electron chi connectivity index (χ3n) is 5.10. The predicted octanol–water partition coefficient (Wildman–Crippen LogP) is 3.34. The summed E-state index contributed by atoms with van der Waals surface area (Å²) in [5, 5.41) is 12.8. The first-order valence-electron chi connectivity index (χ1n) is 10.3. The summed E-state index contributed by atoms with van der Waals surface area (Å²) in [6.45, 7) is 0.605. The van der Waals surface area contributed by atoms with E-state index in [0.29, 0.717) is 12.2 Å². The van der Waals surface area contributed by atoms with Gasteiger partial charge in [-0.25, -0.2) is 4.98 Å². The number of rotatable bonds is 9. The van der Waals surface area contributed by atoms with Crippen LogP contribution in [0.4, 0.5) is 0 Å². The average Bonchev–Trinajstić information content (AvgIpc) is 3.27. The summed E-state index contributed by atoms with van der Waals surface area (Å²) in [4.78, 5) is 16.8. The summed E-state index contributed by atoms with van der Waals surface area (Å²) in [5.41, 5.74) is 4.33. The molecular formula is C25H25N3O4. The Balaban J connectivity index is 1.25. The molecule has 1 unspecified atom stereocenters. The lowest BCUT2D eigenvalue weighted by Crippen LogP contribution is -2.34. The Bertz CT molecular complexity index is 1170. The number of aromatic nitrogens is 2. The molecule has 0 bridgehead atoms. The molecule has 0 radical (unpaired) electrons. The Morgan fingerprint density at radius 3 is 2.56 bits per heavy atom. The number of para-hydroxylation sites is 2. The molecular weight excluding hydrogens is 406 g/mol. The minimum absolute atomic E-state index is 0.107. The number of ether oxygens (including phenoxy) is 2. The van der Waals surface area contributed by atoms with E-state index >= 15 is 0 Å². The van der Waals surface area contributed by atoms with Crippen molar-refractivity contribution in [3.05, 3.63) is 90.3 Å². The number of benzene rings is 3. The number of methoxy groups -OCH3 is 1. The number of aliphatic hydroxyl groups is 1. The van der Waals surface area contributed by atoms with E-state index in [1.165, 1.54) is 0 Å². The van der Waals surface area contributed by atoms with E-state index in [4.69, 9.17) is 9.47 Å². The molecule has 0 aliphatic rings. The molecule has 0 fully saturated rings. The summed E-state index contributed by atoms with van der Waals surface area (Å²) in [5.74, 6) is 0.532. The Morgan fingerprint density at radius 1 is 1.06 bits per heavy atom. The van der Waals surface area contributed by atoms with Gasteiger partial charge in [-0.3, -0.25) is 9.36 Å². The second kappa shape index (κ2) is 10.1. The van der Waals surface area contributed by atoms with E-state index in [1.54, 1.807) is 25.6 Å². The Hall–Kier alpha value is -3.68. The monoisotopic (exact) mass is 431 g/mol. The molecule has 2 N–H and O–H groups in total. The molecule has 4 rings (SSSR count). The predicted molar refractivity (Wildman–Crippen MR) is 122 cm³/mol. The van der Waals surface area contributed by atoms with Crippen LogP contribution in [0.5, 0.6) is 5.75 Å². The smallest absolute Gasteiger partial charge is 0.251 e. The lowest BCUT2D eigenvalue weighted by atomic mass is 10.2. The van der Waals surface area contributed by atoms with Gasteiger partial charge in [0.15, 0.2) is 0 Å². The first-order chi connectivity index (χ1) is 15.6. The van der Waals surface area contributed by atoms with Crippen LogP contribution < -0.4 is 10.1 Å². The summed E-state index contributed by atoms with van der Waals surface area (Å²) in [6, 6.07) is 22.7. The molecule has 0 saturated heterocycles. The van der Waals surface area contributed by atoms with Gasteiger partial charge in [0.05, 0.1) is 37.5 Å². The summed E-state index contributed by atoms with van der Waals surface area (Å²) >= 11 is 0. The van der Waals surface area contributed by atoms with Gasteiger partial charge >= 0.3 is 0 Å². The largest absolute Gasteiger partial charge is 0.497 e. The number of nitrogens with zero attached hydrogens (tertiary/aromatic N) is 2. The topological polar surface area (TPSA) is 85.6 Å². The van der Waals surface area contributed by atoms with Crippen LogP contribution >= 0.6 is 0 Å². The number of carbonyl (C=O) groups is 1. The van der Waals surface area contributed by atoms with Crippen molar-refractivity contribution >= 4 is 16.9 Å². The van der Waals surface area contributed by atoms with Gasteiger partial charge in [0.25, 0.3) is 5.91 Å². The molecule has 1 atom stereocenters. The van der Waals surface area contributed by atoms with Crippen LogP contribution in [-0.4, -0.2) is 46.9 Å². The Labute approximate surface area is 186 Å². The summed E-state index contributed by atoms with van der Waals surface area (Å²) in [7, 11) is 1.62. The lowest BCUT2D eigenvalue weighted by molar-refractivity contribution is 0.0285. The van der Waals surface area contributed by atoms with Gasteiger partial charge in [0.1, 0.15) is 12.1 Å². The number of fused-ring (bicyclic) bond motifs is 1. The van der Waals surface area contributed by atoms with Crippen molar-refractivity contribution in [3.8, 4) is 11.4 Å². The molecule has 0 saturated carbocycles. The fourth-order valence-electron chi connectivity index (χ4n) is 3.34. The van der Waals surface area contributed by atoms with Gasteiger partial charge in [0, 0.05) is 17.8 Å². The molecule has 0 spiro atoms. The summed E-state index contributed by atoms with van der Waals surface area (Å²) in [6.07, 6.45) is 0.968. The van der Waals surface area contributed by atoms with Crippen molar-refractivity contribution < 1.29 is 19.4 Å². The van der Waals surface area contributed by atoms with Crippen molar-refractivity contribution in [2.75, 3.05) is 20.3 Å². The standard InChI is InChI=1S/C25H25N3O4/c1-31-22-12-6-18(7-13-22)15-32-16-21(29)14-26-25(30)19-8-10-20(11-9-19)28-17-27-23-4-2-3-5-24(23)28/h2-13,17,21,29H,14-16H2,1H3,(H,26,30). The van der Waals surface area contributed by atoms with Crippen molar-refractivity contribution in [1.29, 1.82) is 0 Å². The quantitative estimate of drug-likeness (QED) is 0.425. The van der Waals surface area contributed by atoms with Gasteiger partial charge in [-0.1, -0.05) is 24.3 Å². The molecule has 164 valence electrons. The number of carbonyl (C=O) groups excluding carboxylic acids is 1. The zero-order valence-corrected chi connectivity index (χ0v) is 17.8. The van der Waals surface area contributed by atoms with Crippen LogP contribution in [0.15, 0.2) is 79.1 Å². The molecule has 0 aliphatic heterocycles. The molecule has 7 heteroatoms. The number of aliphatic hydroxyl groups excluding tert-OH is 1. The maximum atomic E-state index is 12.4. The lowest BCUT2D eigenvalue weighted by Gasteiger charge is -2.13. The van der Waals surface area contributed by atoms with Crippen LogP contribution in [0.25, 0.3) is 16.7 Å². The zero-order chi connectivity index (χ0) is 22.3. The fourth-order valence-corrected chi connectivity index (χ4v) is 3.34. The zero-order valence-electron chi connectivity index (χ0n) is 17.8. The normalized spacial score (nSPS) is 11.9. The molecule has 0 aliphatic carbocycles. The third kappa shape index (κ3) is 5.14. The maximum Gasteiger partial charge on any atom is 0.251 e. The molecule has 1 aromatic heterocycles. The average molecular weight is 431 g/mol. The number of nitrogens with one attached hydrogen (secondary N) is 1. The highest BCUT2D eigenvalue weighted by molar-refractivity contribution is 5.94. The van der Waals surface area contributed by atoms with Crippen LogP contribution in [0.3, 0.4) is 0 Å². The van der Waals surface area contributed by atoms with Crippen molar-refractivity contribution in [1.82, 2.24) is 14.9 Å². The Kier molecular flexibility index (Phi) is 6.79. The molecule has 4 aromatic rings. The molecule has 1 amide bonds. The van der Waals surface area contributed by atoms with E-state index in [9.17, 15) is 9.90 Å². The highest BCUT2D eigenvalue weighted by Crippen LogP contribution is 2.18. The second-order valence-corrected chi connectivity index (χ2v) is 7.38. The van der Waals surface area contributed by atoms with Gasteiger partial charge < -0.3 is 19.9 Å². The fraction of sp³-hybridized carbons (Fsp3) is 0.200. The molecule has 1 heterocycles. The van der Waals surface area contributed by atoms with E-state index < -0.39 is 6.10 Å². The summed E-state index contributed by atoms with van der Waals surface area (Å²) < 4.78 is 12.6. The minimum atomic E-state index is -0.797. The van der Waals surface area contributed by atoms with E-state index in [0.717, 1.165) is 28.0 Å². The SMILES string of the molecule is COc1ccc(COCC(O)CNC(=O)c2ccc(-n3cnc4ccccc43)cc2)cc1. The van der Waals surface area contributed by atoms with Crippen molar-refractivity contribution in [2.45, 2.75) is 12.7 Å². The van der Waals surface area contributed by atoms with E-state index in [-0.39, 0.29) is 19.1 Å². The number of hydrogen-bond acceptors (Lipinski definition) is 5. The van der Waals surface area contributed by atoms with Gasteiger partial charge in [-0.05, 0) is 54.1 Å². The number of imidazole rings is 1. The van der Waals surface area contributed by atoms with Gasteiger partial charge in [-0.15, -0.1) is 0 Å². The van der Waals surface area contributed by atoms with Crippen LogP contribution in [0.2, 0.25) is 0 Å². The maximum absolute atomic E-state index is 12.4. The second-order valence-electron chi connectivity index (χ2n) is 7.38. The van der Waals surface area contributed by atoms with Crippen molar-refractivity contribution in [2.24, 2.45) is 0 Å². The first kappa shape index (κ1) is 21.5. The number of amides is 1. The van der Waals surface area contributed by atoms with Crippen LogP contribution in [0.1, 0.15) is 15.9 Å². The minimum Gasteiger partial charge on any atom is -0.497 e. The first-order valence-corrected chi connectivity index (χ1v) is 10.3. The highest BCUT2D eigenvalue weighted by atomic mass is 16.5. The van der Waals surface area contributed by atoms with Crippen molar-refractivity contribution in [3.63, 3.8) is 0 Å². The molecule has 7 nitrogen and oxygen atoms in total.